The fourth-order valence-corrected chi connectivity index (χ4v) is 1.73. The average Bonchev–Trinajstić information content (AvgIpc) is 2.38. The molecule has 0 atom stereocenters. The van der Waals surface area contributed by atoms with Crippen LogP contribution in [0.5, 0.6) is 0 Å². The van der Waals surface area contributed by atoms with Crippen LogP contribution in [-0.4, -0.2) is 10.9 Å². The lowest BCUT2D eigenvalue weighted by Crippen LogP contribution is -2.14. The van der Waals surface area contributed by atoms with E-state index in [0.717, 1.165) is 0 Å². The molecule has 2 aromatic rings. The van der Waals surface area contributed by atoms with Gasteiger partial charge in [0, 0.05) is 5.56 Å². The van der Waals surface area contributed by atoms with Gasteiger partial charge in [0.2, 0.25) is 0 Å². The van der Waals surface area contributed by atoms with Gasteiger partial charge in [0.25, 0.3) is 5.91 Å². The fraction of sp³-hybridized carbons (Fsp3) is 0.0769. The van der Waals surface area contributed by atoms with Crippen molar-refractivity contribution in [2.45, 2.75) is 6.92 Å². The first-order valence-corrected chi connectivity index (χ1v) is 5.85. The second kappa shape index (κ2) is 5.50. The third-order valence-corrected chi connectivity index (χ3v) is 2.76. The summed E-state index contributed by atoms with van der Waals surface area (Å²) < 4.78 is 38.9. The number of nitrogens with one attached hydrogen (secondary N) is 1. The van der Waals surface area contributed by atoms with E-state index in [1.54, 1.807) is 6.92 Å². The number of aryl methyl sites for hydroxylation is 1. The monoisotopic (exact) mass is 300 g/mol. The number of carbonyl (C=O) groups is 1. The second-order valence-corrected chi connectivity index (χ2v) is 4.36. The Morgan fingerprint density at radius 2 is 1.80 bits per heavy atom. The molecule has 1 N–H and O–H groups in total. The molecule has 7 heteroatoms. The first-order chi connectivity index (χ1) is 9.38. The third-order valence-electron chi connectivity index (χ3n) is 2.55. The van der Waals surface area contributed by atoms with Gasteiger partial charge in [-0.15, -0.1) is 0 Å². The zero-order valence-electron chi connectivity index (χ0n) is 10.2. The number of nitrogens with zero attached hydrogens (tertiary/aromatic N) is 1. The number of halogens is 4. The number of pyridine rings is 1. The Hall–Kier alpha value is -2.08. The van der Waals surface area contributed by atoms with Crippen molar-refractivity contribution in [1.82, 2.24) is 4.98 Å². The molecule has 1 amide bonds. The number of rotatable bonds is 2. The molecule has 0 aliphatic carbocycles. The van der Waals surface area contributed by atoms with Crippen molar-refractivity contribution in [2.24, 2.45) is 0 Å². The highest BCUT2D eigenvalue weighted by Crippen LogP contribution is 2.18. The van der Waals surface area contributed by atoms with Gasteiger partial charge in [-0.2, -0.15) is 0 Å². The van der Waals surface area contributed by atoms with E-state index in [2.05, 4.69) is 10.3 Å². The maximum absolute atomic E-state index is 13.0. The second-order valence-electron chi connectivity index (χ2n) is 3.97. The molecule has 2 rings (SSSR count). The van der Waals surface area contributed by atoms with E-state index in [4.69, 9.17) is 11.6 Å². The minimum absolute atomic E-state index is 0.249. The van der Waals surface area contributed by atoms with Crippen LogP contribution in [0.25, 0.3) is 0 Å². The van der Waals surface area contributed by atoms with Crippen molar-refractivity contribution >= 4 is 23.2 Å². The molecule has 0 aliphatic heterocycles. The molecule has 0 radical (unpaired) electrons. The molecule has 3 nitrogen and oxygen atoms in total. The Kier molecular flexibility index (Phi) is 3.94. The van der Waals surface area contributed by atoms with Crippen molar-refractivity contribution in [2.75, 3.05) is 5.32 Å². The van der Waals surface area contributed by atoms with Gasteiger partial charge in [0.05, 0.1) is 11.4 Å². The van der Waals surface area contributed by atoms with Crippen molar-refractivity contribution in [3.8, 4) is 0 Å². The zero-order chi connectivity index (χ0) is 14.9. The van der Waals surface area contributed by atoms with Crippen molar-refractivity contribution in [3.63, 3.8) is 0 Å². The summed E-state index contributed by atoms with van der Waals surface area (Å²) >= 11 is 5.66. The van der Waals surface area contributed by atoms with Crippen molar-refractivity contribution in [3.05, 3.63) is 58.1 Å². The Morgan fingerprint density at radius 3 is 2.35 bits per heavy atom. The molecule has 1 aromatic carbocycles. The molecule has 0 bridgehead atoms. The fourth-order valence-electron chi connectivity index (χ4n) is 1.54. The Balaban J connectivity index is 2.28. The number of hydrogen-bond acceptors (Lipinski definition) is 2. The molecular weight excluding hydrogens is 293 g/mol. The standard InChI is InChI=1S/C13H8ClF3N2O/c1-6-10(2-3-11(14)18-6)19-13(20)7-4-8(15)12(17)9(16)5-7/h2-5H,1H3,(H,19,20). The van der Waals surface area contributed by atoms with Gasteiger partial charge in [-0.3, -0.25) is 4.79 Å². The summed E-state index contributed by atoms with van der Waals surface area (Å²) in [5.41, 5.74) is 0.439. The summed E-state index contributed by atoms with van der Waals surface area (Å²) in [5.74, 6) is -5.26. The van der Waals surface area contributed by atoms with Crippen LogP contribution < -0.4 is 5.32 Å². The van der Waals surface area contributed by atoms with E-state index in [9.17, 15) is 18.0 Å². The predicted octanol–water partition coefficient (Wildman–Crippen LogP) is 3.71. The first kappa shape index (κ1) is 14.3. The largest absolute Gasteiger partial charge is 0.320 e. The topological polar surface area (TPSA) is 42.0 Å². The number of aromatic nitrogens is 1. The summed E-state index contributed by atoms with van der Waals surface area (Å²) in [6.45, 7) is 1.60. The Morgan fingerprint density at radius 1 is 1.20 bits per heavy atom. The molecule has 0 aliphatic rings. The van der Waals surface area contributed by atoms with Crippen LogP contribution in [0.3, 0.4) is 0 Å². The van der Waals surface area contributed by atoms with E-state index in [0.29, 0.717) is 23.5 Å². The van der Waals surface area contributed by atoms with Crippen LogP contribution in [0.1, 0.15) is 16.1 Å². The molecule has 104 valence electrons. The normalized spacial score (nSPS) is 10.4. The molecule has 0 spiro atoms. The van der Waals surface area contributed by atoms with Gasteiger partial charge in [0.15, 0.2) is 17.5 Å². The minimum Gasteiger partial charge on any atom is -0.320 e. The van der Waals surface area contributed by atoms with Gasteiger partial charge in [0.1, 0.15) is 5.15 Å². The van der Waals surface area contributed by atoms with Gasteiger partial charge in [-0.25, -0.2) is 18.2 Å². The third kappa shape index (κ3) is 2.91. The van der Waals surface area contributed by atoms with Gasteiger partial charge < -0.3 is 5.32 Å². The van der Waals surface area contributed by atoms with E-state index in [1.165, 1.54) is 12.1 Å². The molecule has 1 heterocycles. The van der Waals surface area contributed by atoms with Crippen LogP contribution in [0.4, 0.5) is 18.9 Å². The van der Waals surface area contributed by atoms with Crippen LogP contribution in [0, 0.1) is 24.4 Å². The van der Waals surface area contributed by atoms with Gasteiger partial charge >= 0.3 is 0 Å². The molecule has 0 saturated carbocycles. The minimum atomic E-state index is -1.62. The Labute approximate surface area is 117 Å². The number of anilines is 1. The van der Waals surface area contributed by atoms with Crippen LogP contribution in [0.15, 0.2) is 24.3 Å². The Bertz CT molecular complexity index is 668. The molecule has 20 heavy (non-hydrogen) atoms. The molecular formula is C13H8ClF3N2O. The number of benzene rings is 1. The molecule has 0 saturated heterocycles. The molecule has 0 unspecified atom stereocenters. The predicted molar refractivity (Wildman–Crippen MR) is 68.3 cm³/mol. The van der Waals surface area contributed by atoms with E-state index in [-0.39, 0.29) is 10.7 Å². The van der Waals surface area contributed by atoms with Gasteiger partial charge in [-0.05, 0) is 31.2 Å². The summed E-state index contributed by atoms with van der Waals surface area (Å²) in [6.07, 6.45) is 0. The quantitative estimate of drug-likeness (QED) is 0.678. The summed E-state index contributed by atoms with van der Waals surface area (Å²) in [5, 5.41) is 2.66. The van der Waals surface area contributed by atoms with E-state index < -0.39 is 23.4 Å². The highest BCUT2D eigenvalue weighted by molar-refractivity contribution is 6.29. The lowest BCUT2D eigenvalue weighted by atomic mass is 10.2. The van der Waals surface area contributed by atoms with Crippen LogP contribution >= 0.6 is 11.6 Å². The molecule has 0 fully saturated rings. The zero-order valence-corrected chi connectivity index (χ0v) is 10.9. The number of hydrogen-bond donors (Lipinski definition) is 1. The van der Waals surface area contributed by atoms with Gasteiger partial charge in [-0.1, -0.05) is 11.6 Å². The van der Waals surface area contributed by atoms with Crippen molar-refractivity contribution in [1.29, 1.82) is 0 Å². The first-order valence-electron chi connectivity index (χ1n) is 5.47. The lowest BCUT2D eigenvalue weighted by molar-refractivity contribution is 0.102. The summed E-state index contributed by atoms with van der Waals surface area (Å²) in [6, 6.07) is 4.19. The highest BCUT2D eigenvalue weighted by Gasteiger charge is 2.15. The SMILES string of the molecule is Cc1nc(Cl)ccc1NC(=O)c1cc(F)c(F)c(F)c1. The smallest absolute Gasteiger partial charge is 0.255 e. The van der Waals surface area contributed by atoms with E-state index in [1.807, 2.05) is 0 Å². The lowest BCUT2D eigenvalue weighted by Gasteiger charge is -2.08. The average molecular weight is 301 g/mol. The molecule has 1 aromatic heterocycles. The van der Waals surface area contributed by atoms with Crippen LogP contribution in [-0.2, 0) is 0 Å². The van der Waals surface area contributed by atoms with Crippen molar-refractivity contribution < 1.29 is 18.0 Å². The summed E-state index contributed by atoms with van der Waals surface area (Å²) in [4.78, 5) is 15.8. The highest BCUT2D eigenvalue weighted by atomic mass is 35.5. The maximum atomic E-state index is 13.0. The van der Waals surface area contributed by atoms with Crippen LogP contribution in [0.2, 0.25) is 5.15 Å². The number of amides is 1. The maximum Gasteiger partial charge on any atom is 0.255 e. The van der Waals surface area contributed by atoms with E-state index >= 15 is 0 Å². The summed E-state index contributed by atoms with van der Waals surface area (Å²) in [7, 11) is 0. The number of carbonyl (C=O) groups excluding carboxylic acids is 1.